The van der Waals surface area contributed by atoms with Crippen LogP contribution in [-0.4, -0.2) is 36.3 Å². The minimum Gasteiger partial charge on any atom is -0.462 e. The van der Waals surface area contributed by atoms with E-state index in [1.807, 2.05) is 11.5 Å². The van der Waals surface area contributed by atoms with Gasteiger partial charge in [0.1, 0.15) is 5.82 Å². The van der Waals surface area contributed by atoms with Gasteiger partial charge in [0.05, 0.1) is 29.0 Å². The fourth-order valence-corrected chi connectivity index (χ4v) is 3.88. The highest BCUT2D eigenvalue weighted by atomic mass is 32.1. The quantitative estimate of drug-likeness (QED) is 0.434. The second kappa shape index (κ2) is 9.58. The normalized spacial score (nSPS) is 11.8. The van der Waals surface area contributed by atoms with Crippen LogP contribution in [0.1, 0.15) is 34.6 Å². The van der Waals surface area contributed by atoms with Crippen molar-refractivity contribution in [3.05, 3.63) is 64.2 Å². The van der Waals surface area contributed by atoms with Gasteiger partial charge < -0.3 is 14.0 Å². The lowest BCUT2D eigenvalue weighted by Gasteiger charge is -2.06. The van der Waals surface area contributed by atoms with Gasteiger partial charge >= 0.3 is 5.97 Å². The number of ether oxygens (including phenoxy) is 2. The smallest absolute Gasteiger partial charge is 0.338 e. The summed E-state index contributed by atoms with van der Waals surface area (Å²) >= 11 is 1.28. The van der Waals surface area contributed by atoms with Crippen LogP contribution in [0.2, 0.25) is 0 Å². The third-order valence-corrected chi connectivity index (χ3v) is 5.17. The molecule has 0 aliphatic rings. The summed E-state index contributed by atoms with van der Waals surface area (Å²) < 4.78 is 26.6. The molecule has 0 spiro atoms. The van der Waals surface area contributed by atoms with Gasteiger partial charge in [0.15, 0.2) is 4.80 Å². The van der Waals surface area contributed by atoms with Crippen molar-refractivity contribution in [1.82, 2.24) is 4.57 Å². The van der Waals surface area contributed by atoms with Gasteiger partial charge in [-0.05, 0) is 50.2 Å². The molecule has 6 nitrogen and oxygen atoms in total. The summed E-state index contributed by atoms with van der Waals surface area (Å²) in [6.07, 6.45) is 0. The van der Waals surface area contributed by atoms with Crippen LogP contribution in [0.4, 0.5) is 4.39 Å². The molecule has 0 saturated carbocycles. The molecule has 0 bridgehead atoms. The Morgan fingerprint density at radius 1 is 1.10 bits per heavy atom. The first-order valence-electron chi connectivity index (χ1n) is 9.26. The lowest BCUT2D eigenvalue weighted by atomic mass is 10.2. The van der Waals surface area contributed by atoms with Crippen LogP contribution in [0.15, 0.2) is 47.5 Å². The van der Waals surface area contributed by atoms with Gasteiger partial charge in [0.2, 0.25) is 0 Å². The number of amides is 1. The number of carbonyl (C=O) groups is 2. The zero-order chi connectivity index (χ0) is 20.8. The summed E-state index contributed by atoms with van der Waals surface area (Å²) in [7, 11) is 0. The van der Waals surface area contributed by atoms with Crippen LogP contribution in [0.25, 0.3) is 10.2 Å². The number of hydrogen-bond donors (Lipinski definition) is 0. The van der Waals surface area contributed by atoms with Crippen LogP contribution in [0.5, 0.6) is 0 Å². The first kappa shape index (κ1) is 20.9. The molecule has 0 atom stereocenters. The van der Waals surface area contributed by atoms with E-state index in [1.54, 1.807) is 25.1 Å². The second-order valence-corrected chi connectivity index (χ2v) is 7.07. The first-order chi connectivity index (χ1) is 14.0. The number of carbonyl (C=O) groups excluding carboxylic acids is 2. The predicted molar refractivity (Wildman–Crippen MR) is 109 cm³/mol. The maximum absolute atomic E-state index is 13.4. The first-order valence-corrected chi connectivity index (χ1v) is 10.1. The van der Waals surface area contributed by atoms with Crippen molar-refractivity contribution < 1.29 is 23.5 Å². The van der Waals surface area contributed by atoms with E-state index < -0.39 is 17.7 Å². The fourth-order valence-electron chi connectivity index (χ4n) is 2.79. The number of thiazole rings is 1. The van der Waals surface area contributed by atoms with Gasteiger partial charge in [-0.25, -0.2) is 9.18 Å². The van der Waals surface area contributed by atoms with Crippen LogP contribution in [-0.2, 0) is 16.0 Å². The number of benzene rings is 2. The summed E-state index contributed by atoms with van der Waals surface area (Å²) in [5.41, 5.74) is 1.43. The van der Waals surface area contributed by atoms with Crippen molar-refractivity contribution >= 4 is 33.4 Å². The number of aromatic nitrogens is 1. The van der Waals surface area contributed by atoms with Crippen LogP contribution in [0.3, 0.4) is 0 Å². The standard InChI is InChI=1S/C21H21FN2O4S/c1-3-27-11-10-24-17-9-8-15(20(26)28-4-2)13-18(17)29-21(24)23-19(25)14-6-5-7-16(22)12-14/h5-9,12-13H,3-4,10-11H2,1-2H3. The lowest BCUT2D eigenvalue weighted by molar-refractivity contribution is 0.0526. The van der Waals surface area contributed by atoms with E-state index in [4.69, 9.17) is 9.47 Å². The van der Waals surface area contributed by atoms with Crippen molar-refractivity contribution in [2.75, 3.05) is 19.8 Å². The molecule has 29 heavy (non-hydrogen) atoms. The molecule has 0 radical (unpaired) electrons. The van der Waals surface area contributed by atoms with Gasteiger partial charge in [0.25, 0.3) is 5.91 Å². The molecule has 1 aromatic heterocycles. The Labute approximate surface area is 171 Å². The Morgan fingerprint density at radius 2 is 1.93 bits per heavy atom. The van der Waals surface area contributed by atoms with E-state index in [2.05, 4.69) is 4.99 Å². The minimum atomic E-state index is -0.535. The van der Waals surface area contributed by atoms with Gasteiger partial charge in [0, 0.05) is 18.7 Å². The highest BCUT2D eigenvalue weighted by molar-refractivity contribution is 7.16. The van der Waals surface area contributed by atoms with E-state index in [0.717, 1.165) is 16.3 Å². The molecule has 0 N–H and O–H groups in total. The molecule has 0 saturated heterocycles. The number of hydrogen-bond acceptors (Lipinski definition) is 5. The topological polar surface area (TPSA) is 69.9 Å². The van der Waals surface area contributed by atoms with E-state index in [1.165, 1.54) is 29.5 Å². The Balaban J connectivity index is 2.06. The minimum absolute atomic E-state index is 0.172. The Hall–Kier alpha value is -2.84. The summed E-state index contributed by atoms with van der Waals surface area (Å²) in [4.78, 5) is 29.2. The van der Waals surface area contributed by atoms with Crippen LogP contribution in [0, 0.1) is 5.82 Å². The molecular weight excluding hydrogens is 395 g/mol. The molecule has 1 heterocycles. The maximum atomic E-state index is 13.4. The molecule has 0 fully saturated rings. The van der Waals surface area contributed by atoms with Crippen molar-refractivity contribution in [3.63, 3.8) is 0 Å². The molecule has 3 aromatic rings. The monoisotopic (exact) mass is 416 g/mol. The highest BCUT2D eigenvalue weighted by Gasteiger charge is 2.13. The summed E-state index contributed by atoms with van der Waals surface area (Å²) in [5, 5.41) is 0. The SMILES string of the molecule is CCOCCn1c(=NC(=O)c2cccc(F)c2)sc2cc(C(=O)OCC)ccc21. The van der Waals surface area contributed by atoms with E-state index >= 15 is 0 Å². The Morgan fingerprint density at radius 3 is 2.66 bits per heavy atom. The molecule has 2 aromatic carbocycles. The van der Waals surface area contributed by atoms with Gasteiger partial charge in [-0.3, -0.25) is 4.79 Å². The summed E-state index contributed by atoms with van der Waals surface area (Å²) in [6, 6.07) is 10.6. The van der Waals surface area contributed by atoms with E-state index in [0.29, 0.717) is 36.7 Å². The third kappa shape index (κ3) is 4.96. The number of esters is 1. The van der Waals surface area contributed by atoms with Crippen LogP contribution < -0.4 is 4.80 Å². The van der Waals surface area contributed by atoms with E-state index in [9.17, 15) is 14.0 Å². The maximum Gasteiger partial charge on any atom is 0.338 e. The number of halogens is 1. The summed E-state index contributed by atoms with van der Waals surface area (Å²) in [5.74, 6) is -1.43. The predicted octanol–water partition coefficient (Wildman–Crippen LogP) is 3.80. The molecular formula is C21H21FN2O4S. The van der Waals surface area contributed by atoms with Gasteiger partial charge in [-0.15, -0.1) is 0 Å². The number of fused-ring (bicyclic) bond motifs is 1. The second-order valence-electron chi connectivity index (χ2n) is 6.06. The number of nitrogens with zero attached hydrogens (tertiary/aromatic N) is 2. The largest absolute Gasteiger partial charge is 0.462 e. The van der Waals surface area contributed by atoms with Gasteiger partial charge in [-0.1, -0.05) is 17.4 Å². The van der Waals surface area contributed by atoms with Crippen LogP contribution >= 0.6 is 11.3 Å². The van der Waals surface area contributed by atoms with E-state index in [-0.39, 0.29) is 5.56 Å². The summed E-state index contributed by atoms with van der Waals surface area (Å²) in [6.45, 7) is 5.45. The lowest BCUT2D eigenvalue weighted by Crippen LogP contribution is -2.19. The van der Waals surface area contributed by atoms with Crippen molar-refractivity contribution in [2.45, 2.75) is 20.4 Å². The zero-order valence-electron chi connectivity index (χ0n) is 16.2. The third-order valence-electron chi connectivity index (χ3n) is 4.13. The molecule has 0 aliphatic heterocycles. The Kier molecular flexibility index (Phi) is 6.90. The van der Waals surface area contributed by atoms with Crippen molar-refractivity contribution in [1.29, 1.82) is 0 Å². The molecule has 152 valence electrons. The van der Waals surface area contributed by atoms with Crippen molar-refractivity contribution in [3.8, 4) is 0 Å². The highest BCUT2D eigenvalue weighted by Crippen LogP contribution is 2.20. The molecule has 8 heteroatoms. The Bertz CT molecular complexity index is 1100. The fraction of sp³-hybridized carbons (Fsp3) is 0.286. The zero-order valence-corrected chi connectivity index (χ0v) is 17.0. The number of rotatable bonds is 7. The van der Waals surface area contributed by atoms with Gasteiger partial charge in [-0.2, -0.15) is 4.99 Å². The molecule has 3 rings (SSSR count). The molecule has 1 amide bonds. The molecule has 0 unspecified atom stereocenters. The molecule has 0 aliphatic carbocycles. The van der Waals surface area contributed by atoms with Crippen molar-refractivity contribution in [2.24, 2.45) is 4.99 Å². The average molecular weight is 416 g/mol. The average Bonchev–Trinajstić information content (AvgIpc) is 3.04.